The van der Waals surface area contributed by atoms with Crippen molar-refractivity contribution in [1.82, 2.24) is 4.98 Å². The molecule has 4 heteroatoms. The van der Waals surface area contributed by atoms with E-state index in [2.05, 4.69) is 10.3 Å². The molecule has 1 aromatic heterocycles. The van der Waals surface area contributed by atoms with Gasteiger partial charge in [-0.1, -0.05) is 48.5 Å². The minimum Gasteiger partial charge on any atom is -0.342 e. The predicted octanol–water partition coefficient (Wildman–Crippen LogP) is 3.66. The van der Waals surface area contributed by atoms with E-state index in [0.717, 1.165) is 11.3 Å². The van der Waals surface area contributed by atoms with Gasteiger partial charge in [0.15, 0.2) is 0 Å². The molecule has 2 N–H and O–H groups in total. The Morgan fingerprint density at radius 1 is 0.955 bits per heavy atom. The maximum absolute atomic E-state index is 12.1. The van der Waals surface area contributed by atoms with Crippen LogP contribution in [0.3, 0.4) is 0 Å². The molecule has 4 nitrogen and oxygen atoms in total. The highest BCUT2D eigenvalue weighted by molar-refractivity contribution is 5.73. The first-order valence-electron chi connectivity index (χ1n) is 6.83. The molecular weight excluding hydrogens is 274 g/mol. The van der Waals surface area contributed by atoms with Crippen LogP contribution in [0.2, 0.25) is 0 Å². The van der Waals surface area contributed by atoms with E-state index in [1.165, 1.54) is 0 Å². The van der Waals surface area contributed by atoms with Crippen molar-refractivity contribution >= 4 is 11.5 Å². The van der Waals surface area contributed by atoms with E-state index in [1.54, 1.807) is 6.07 Å². The third-order valence-corrected chi connectivity index (χ3v) is 3.28. The first-order chi connectivity index (χ1) is 10.8. The van der Waals surface area contributed by atoms with Crippen molar-refractivity contribution in [1.29, 1.82) is 5.26 Å². The van der Waals surface area contributed by atoms with Gasteiger partial charge in [-0.2, -0.15) is 5.26 Å². The van der Waals surface area contributed by atoms with Gasteiger partial charge in [0.25, 0.3) is 5.56 Å². The van der Waals surface area contributed by atoms with E-state index >= 15 is 0 Å². The number of anilines is 2. The molecule has 0 unspecified atom stereocenters. The van der Waals surface area contributed by atoms with Crippen LogP contribution in [-0.4, -0.2) is 4.98 Å². The number of aromatic amines is 1. The number of nitrogens with one attached hydrogen (secondary N) is 2. The van der Waals surface area contributed by atoms with Crippen LogP contribution >= 0.6 is 0 Å². The van der Waals surface area contributed by atoms with E-state index in [1.807, 2.05) is 66.7 Å². The van der Waals surface area contributed by atoms with Crippen molar-refractivity contribution in [3.8, 4) is 17.2 Å². The van der Waals surface area contributed by atoms with Crippen LogP contribution in [0.15, 0.2) is 71.5 Å². The fourth-order valence-corrected chi connectivity index (χ4v) is 2.26. The van der Waals surface area contributed by atoms with E-state index in [4.69, 9.17) is 0 Å². The van der Waals surface area contributed by atoms with Crippen molar-refractivity contribution in [2.45, 2.75) is 0 Å². The highest BCUT2D eigenvalue weighted by Crippen LogP contribution is 2.24. The molecule has 1 heterocycles. The van der Waals surface area contributed by atoms with Crippen molar-refractivity contribution in [3.05, 3.63) is 82.6 Å². The Morgan fingerprint density at radius 2 is 1.59 bits per heavy atom. The summed E-state index contributed by atoms with van der Waals surface area (Å²) in [5.41, 5.74) is 2.03. The highest BCUT2D eigenvalue weighted by Gasteiger charge is 2.11. The second kappa shape index (κ2) is 5.98. The van der Waals surface area contributed by atoms with Crippen LogP contribution in [0.4, 0.5) is 11.5 Å². The van der Waals surface area contributed by atoms with Crippen molar-refractivity contribution < 1.29 is 0 Å². The van der Waals surface area contributed by atoms with Gasteiger partial charge in [-0.05, 0) is 23.8 Å². The zero-order valence-electron chi connectivity index (χ0n) is 11.7. The number of nitrogens with zero attached hydrogens (tertiary/aromatic N) is 1. The summed E-state index contributed by atoms with van der Waals surface area (Å²) < 4.78 is 0. The fraction of sp³-hybridized carbons (Fsp3) is 0. The van der Waals surface area contributed by atoms with Gasteiger partial charge in [-0.15, -0.1) is 0 Å². The molecule has 0 aliphatic carbocycles. The van der Waals surface area contributed by atoms with Gasteiger partial charge in [-0.3, -0.25) is 4.79 Å². The van der Waals surface area contributed by atoms with E-state index in [9.17, 15) is 10.1 Å². The first-order valence-corrected chi connectivity index (χ1v) is 6.83. The van der Waals surface area contributed by atoms with E-state index in [-0.39, 0.29) is 5.56 Å². The molecule has 3 rings (SSSR count). The van der Waals surface area contributed by atoms with Crippen molar-refractivity contribution in [2.24, 2.45) is 0 Å². The SMILES string of the molecule is N#Cc1c(-c2ccccc2)cc(Nc2ccccc2)[nH]c1=O. The number of benzene rings is 2. The molecule has 0 aliphatic heterocycles. The molecule has 0 bridgehead atoms. The largest absolute Gasteiger partial charge is 0.342 e. The quantitative estimate of drug-likeness (QED) is 0.772. The summed E-state index contributed by atoms with van der Waals surface area (Å²) in [6.07, 6.45) is 0. The van der Waals surface area contributed by atoms with Crippen LogP contribution in [0.5, 0.6) is 0 Å². The van der Waals surface area contributed by atoms with Crippen LogP contribution in [0, 0.1) is 11.3 Å². The molecular formula is C18H13N3O. The number of rotatable bonds is 3. The normalized spacial score (nSPS) is 9.95. The van der Waals surface area contributed by atoms with Gasteiger partial charge in [0.05, 0.1) is 0 Å². The summed E-state index contributed by atoms with van der Waals surface area (Å²) in [5, 5.41) is 12.4. The Balaban J connectivity index is 2.10. The summed E-state index contributed by atoms with van der Waals surface area (Å²) in [6.45, 7) is 0. The summed E-state index contributed by atoms with van der Waals surface area (Å²) in [4.78, 5) is 14.8. The van der Waals surface area contributed by atoms with E-state index in [0.29, 0.717) is 11.4 Å². The summed E-state index contributed by atoms with van der Waals surface area (Å²) in [7, 11) is 0. The predicted molar refractivity (Wildman–Crippen MR) is 86.9 cm³/mol. The molecule has 0 radical (unpaired) electrons. The topological polar surface area (TPSA) is 68.7 Å². The Bertz CT molecular complexity index is 878. The van der Waals surface area contributed by atoms with Gasteiger partial charge in [0, 0.05) is 11.3 Å². The lowest BCUT2D eigenvalue weighted by molar-refractivity contribution is 1.21. The van der Waals surface area contributed by atoms with Crippen LogP contribution < -0.4 is 10.9 Å². The number of nitriles is 1. The average Bonchev–Trinajstić information content (AvgIpc) is 2.56. The third kappa shape index (κ3) is 2.74. The smallest absolute Gasteiger partial charge is 0.268 e. The van der Waals surface area contributed by atoms with Crippen LogP contribution in [0.1, 0.15) is 5.56 Å². The van der Waals surface area contributed by atoms with Crippen molar-refractivity contribution in [3.63, 3.8) is 0 Å². The molecule has 3 aromatic rings. The molecule has 106 valence electrons. The minimum atomic E-state index is -0.401. The maximum atomic E-state index is 12.1. The van der Waals surface area contributed by atoms with Gasteiger partial charge in [-0.25, -0.2) is 0 Å². The zero-order valence-corrected chi connectivity index (χ0v) is 11.7. The lowest BCUT2D eigenvalue weighted by atomic mass is 10.0. The van der Waals surface area contributed by atoms with Gasteiger partial charge in [0.1, 0.15) is 17.5 Å². The second-order valence-electron chi connectivity index (χ2n) is 4.77. The molecule has 0 saturated carbocycles. The lowest BCUT2D eigenvalue weighted by Gasteiger charge is -2.09. The molecule has 0 amide bonds. The number of hydrogen-bond acceptors (Lipinski definition) is 3. The Labute approximate surface area is 127 Å². The Hall–Kier alpha value is -3.32. The third-order valence-electron chi connectivity index (χ3n) is 3.28. The minimum absolute atomic E-state index is 0.116. The number of hydrogen-bond donors (Lipinski definition) is 2. The number of H-pyrrole nitrogens is 1. The summed E-state index contributed by atoms with van der Waals surface area (Å²) in [5.74, 6) is 0.550. The molecule has 0 atom stereocenters. The molecule has 0 fully saturated rings. The lowest BCUT2D eigenvalue weighted by Crippen LogP contribution is -2.13. The zero-order chi connectivity index (χ0) is 15.4. The monoisotopic (exact) mass is 287 g/mol. The van der Waals surface area contributed by atoms with Gasteiger partial charge in [0.2, 0.25) is 0 Å². The average molecular weight is 287 g/mol. The number of pyridine rings is 1. The second-order valence-corrected chi connectivity index (χ2v) is 4.77. The number of para-hydroxylation sites is 1. The Morgan fingerprint density at radius 3 is 2.23 bits per heavy atom. The van der Waals surface area contributed by atoms with E-state index < -0.39 is 5.56 Å². The number of aromatic nitrogens is 1. The first kappa shape index (κ1) is 13.7. The highest BCUT2D eigenvalue weighted by atomic mass is 16.1. The molecule has 0 spiro atoms. The maximum Gasteiger partial charge on any atom is 0.268 e. The molecule has 0 saturated heterocycles. The van der Waals surface area contributed by atoms with Gasteiger partial charge < -0.3 is 10.3 Å². The van der Waals surface area contributed by atoms with Crippen LogP contribution in [0.25, 0.3) is 11.1 Å². The standard InChI is InChI=1S/C18H13N3O/c19-12-16-15(13-7-3-1-4-8-13)11-17(21-18(16)22)20-14-9-5-2-6-10-14/h1-11H,(H2,20,21,22). The molecule has 2 aromatic carbocycles. The van der Waals surface area contributed by atoms with Gasteiger partial charge >= 0.3 is 0 Å². The summed E-state index contributed by atoms with van der Waals surface area (Å²) in [6, 6.07) is 22.7. The fourth-order valence-electron chi connectivity index (χ4n) is 2.26. The van der Waals surface area contributed by atoms with Crippen molar-refractivity contribution in [2.75, 3.05) is 5.32 Å². The molecule has 0 aliphatic rings. The molecule has 22 heavy (non-hydrogen) atoms. The summed E-state index contributed by atoms with van der Waals surface area (Å²) >= 11 is 0. The van der Waals surface area contributed by atoms with Crippen LogP contribution in [-0.2, 0) is 0 Å². The Kier molecular flexibility index (Phi) is 3.71.